The van der Waals surface area contributed by atoms with Gasteiger partial charge in [-0.05, 0) is 55.9 Å². The molecule has 3 nitrogen and oxygen atoms in total. The third kappa shape index (κ3) is 4.66. The Morgan fingerprint density at radius 2 is 1.69 bits per heavy atom. The van der Waals surface area contributed by atoms with E-state index in [-0.39, 0.29) is 11.5 Å². The highest BCUT2D eigenvalue weighted by molar-refractivity contribution is 7.09. The number of thiazole rings is 1. The number of nitrogens with zero attached hydrogens (tertiary/aromatic N) is 2. The fraction of sp³-hybridized carbons (Fsp3) is 0.429. The van der Waals surface area contributed by atoms with Gasteiger partial charge in [-0.15, -0.1) is 11.3 Å². The fourth-order valence-corrected chi connectivity index (χ4v) is 5.26. The first kappa shape index (κ1) is 22.7. The van der Waals surface area contributed by atoms with E-state index in [4.69, 9.17) is 9.82 Å². The van der Waals surface area contributed by atoms with E-state index in [9.17, 15) is 0 Å². The molecule has 0 fully saturated rings. The number of rotatable bonds is 8. The summed E-state index contributed by atoms with van der Waals surface area (Å²) < 4.78 is 0. The zero-order chi connectivity index (χ0) is 22.9. The minimum absolute atomic E-state index is 0.0612. The van der Waals surface area contributed by atoms with Gasteiger partial charge >= 0.3 is 0 Å². The molecule has 0 atom stereocenters. The molecule has 0 unspecified atom stereocenters. The molecule has 1 aromatic heterocycles. The molecule has 0 spiro atoms. The Labute approximate surface area is 196 Å². The first-order chi connectivity index (χ1) is 15.3. The monoisotopic (exact) mass is 446 g/mol. The highest BCUT2D eigenvalue weighted by atomic mass is 32.1. The minimum atomic E-state index is 0.0612. The van der Waals surface area contributed by atoms with Gasteiger partial charge in [-0.1, -0.05) is 69.2 Å². The lowest BCUT2D eigenvalue weighted by atomic mass is 9.83. The molecule has 4 rings (SSSR count). The van der Waals surface area contributed by atoms with Crippen LogP contribution in [0.2, 0.25) is 0 Å². The van der Waals surface area contributed by atoms with Gasteiger partial charge in [-0.3, -0.25) is 0 Å². The quantitative estimate of drug-likeness (QED) is 0.260. The summed E-state index contributed by atoms with van der Waals surface area (Å²) in [6.45, 7) is 13.1. The Bertz CT molecular complexity index is 1120. The van der Waals surface area contributed by atoms with Crippen molar-refractivity contribution < 1.29 is 4.84 Å². The Balaban J connectivity index is 1.50. The summed E-state index contributed by atoms with van der Waals surface area (Å²) in [5, 5.41) is 8.02. The van der Waals surface area contributed by atoms with Crippen LogP contribution < -0.4 is 0 Å². The molecular weight excluding hydrogens is 412 g/mol. The Morgan fingerprint density at radius 1 is 0.969 bits per heavy atom. The van der Waals surface area contributed by atoms with Crippen LogP contribution in [0.3, 0.4) is 0 Å². The molecule has 0 N–H and O–H groups in total. The standard InChI is InChI=1S/C28H34N2OS/c1-18(2)27-29-25(17-32-27)28(5,6)15-9-10-20-13-14-22-21-11-7-8-12-23(21)26(24(22)16-20)30-31-19(3)4/h7-8,11-14,16-19H,9-10,15H2,1-6H3. The number of oxime groups is 1. The van der Waals surface area contributed by atoms with Gasteiger partial charge in [0.2, 0.25) is 0 Å². The zero-order valence-corrected chi connectivity index (χ0v) is 20.9. The van der Waals surface area contributed by atoms with Crippen LogP contribution in [-0.2, 0) is 16.7 Å². The van der Waals surface area contributed by atoms with Crippen LogP contribution in [0.1, 0.15) is 87.7 Å². The highest BCUT2D eigenvalue weighted by Crippen LogP contribution is 2.38. The molecule has 0 amide bonds. The molecule has 0 aliphatic heterocycles. The summed E-state index contributed by atoms with van der Waals surface area (Å²) in [5.41, 5.74) is 8.46. The van der Waals surface area contributed by atoms with Crippen molar-refractivity contribution in [2.45, 2.75) is 78.2 Å². The Morgan fingerprint density at radius 3 is 2.38 bits per heavy atom. The van der Waals surface area contributed by atoms with E-state index in [0.717, 1.165) is 30.5 Å². The lowest BCUT2D eigenvalue weighted by molar-refractivity contribution is 0.0863. The molecule has 1 aliphatic carbocycles. The van der Waals surface area contributed by atoms with E-state index in [1.165, 1.54) is 33.0 Å². The van der Waals surface area contributed by atoms with E-state index in [1.54, 1.807) is 11.3 Å². The van der Waals surface area contributed by atoms with Crippen LogP contribution in [0, 0.1) is 0 Å². The predicted molar refractivity (Wildman–Crippen MR) is 136 cm³/mol. The minimum Gasteiger partial charge on any atom is -0.393 e. The molecule has 3 aromatic rings. The van der Waals surface area contributed by atoms with Gasteiger partial charge < -0.3 is 4.84 Å². The maximum absolute atomic E-state index is 5.65. The molecule has 0 bridgehead atoms. The third-order valence-corrected chi connectivity index (χ3v) is 7.29. The molecule has 0 saturated heterocycles. The van der Waals surface area contributed by atoms with Crippen molar-refractivity contribution in [3.63, 3.8) is 0 Å². The van der Waals surface area contributed by atoms with E-state index >= 15 is 0 Å². The van der Waals surface area contributed by atoms with Gasteiger partial charge in [0.05, 0.1) is 10.7 Å². The lowest BCUT2D eigenvalue weighted by Crippen LogP contribution is -2.18. The summed E-state index contributed by atoms with van der Waals surface area (Å²) in [6.07, 6.45) is 3.35. The van der Waals surface area contributed by atoms with Crippen molar-refractivity contribution in [1.82, 2.24) is 4.98 Å². The predicted octanol–water partition coefficient (Wildman–Crippen LogP) is 7.72. The number of hydrogen-bond donors (Lipinski definition) is 0. The van der Waals surface area contributed by atoms with Crippen LogP contribution in [-0.4, -0.2) is 16.8 Å². The van der Waals surface area contributed by atoms with Gasteiger partial charge in [0, 0.05) is 27.8 Å². The second-order valence-electron chi connectivity index (χ2n) is 9.98. The van der Waals surface area contributed by atoms with Crippen molar-refractivity contribution in [2.24, 2.45) is 5.16 Å². The number of benzene rings is 2. The number of hydrogen-bond acceptors (Lipinski definition) is 4. The van der Waals surface area contributed by atoms with Crippen molar-refractivity contribution in [3.05, 3.63) is 75.2 Å². The Kier molecular flexibility index (Phi) is 6.52. The van der Waals surface area contributed by atoms with Crippen molar-refractivity contribution in [1.29, 1.82) is 0 Å². The maximum Gasteiger partial charge on any atom is 0.122 e. The molecule has 1 heterocycles. The van der Waals surface area contributed by atoms with Gasteiger partial charge in [-0.2, -0.15) is 0 Å². The second-order valence-corrected chi connectivity index (χ2v) is 10.9. The van der Waals surface area contributed by atoms with E-state index in [0.29, 0.717) is 5.92 Å². The molecule has 32 heavy (non-hydrogen) atoms. The average Bonchev–Trinajstić information content (AvgIpc) is 3.36. The molecule has 0 radical (unpaired) electrons. The zero-order valence-electron chi connectivity index (χ0n) is 20.1. The largest absolute Gasteiger partial charge is 0.393 e. The van der Waals surface area contributed by atoms with E-state index < -0.39 is 0 Å². The van der Waals surface area contributed by atoms with Crippen molar-refractivity contribution in [3.8, 4) is 11.1 Å². The van der Waals surface area contributed by atoms with Gasteiger partial charge in [0.1, 0.15) is 11.8 Å². The van der Waals surface area contributed by atoms with E-state index in [1.807, 2.05) is 13.8 Å². The average molecular weight is 447 g/mol. The molecule has 0 saturated carbocycles. The first-order valence-electron chi connectivity index (χ1n) is 11.7. The van der Waals surface area contributed by atoms with Gasteiger partial charge in [0.15, 0.2) is 0 Å². The topological polar surface area (TPSA) is 34.5 Å². The molecular formula is C28H34N2OS. The molecule has 2 aromatic carbocycles. The third-order valence-electron chi connectivity index (χ3n) is 6.14. The highest BCUT2D eigenvalue weighted by Gasteiger charge is 2.27. The van der Waals surface area contributed by atoms with Crippen LogP contribution in [0.15, 0.2) is 53.0 Å². The summed E-state index contributed by atoms with van der Waals surface area (Å²) in [7, 11) is 0. The van der Waals surface area contributed by atoms with Crippen molar-refractivity contribution in [2.75, 3.05) is 0 Å². The normalized spacial score (nSPS) is 14.3. The summed E-state index contributed by atoms with van der Waals surface area (Å²) >= 11 is 1.79. The Hall–Kier alpha value is -2.46. The smallest absolute Gasteiger partial charge is 0.122 e. The fourth-order valence-electron chi connectivity index (χ4n) is 4.23. The van der Waals surface area contributed by atoms with Crippen LogP contribution >= 0.6 is 11.3 Å². The SMILES string of the molecule is CC(C)ON=C1c2ccccc2-c2ccc(CCCC(C)(C)c3csc(C(C)C)n3)cc21. The number of aromatic nitrogens is 1. The molecule has 1 aliphatic rings. The molecule has 168 valence electrons. The second kappa shape index (κ2) is 9.19. The van der Waals surface area contributed by atoms with Crippen LogP contribution in [0.4, 0.5) is 0 Å². The summed E-state index contributed by atoms with van der Waals surface area (Å²) in [4.78, 5) is 10.6. The summed E-state index contributed by atoms with van der Waals surface area (Å²) in [6, 6.07) is 15.3. The molecule has 4 heteroatoms. The van der Waals surface area contributed by atoms with Crippen molar-refractivity contribution >= 4 is 17.0 Å². The lowest BCUT2D eigenvalue weighted by Gasteiger charge is -2.22. The number of aryl methyl sites for hydroxylation is 1. The first-order valence-corrected chi connectivity index (χ1v) is 12.6. The van der Waals surface area contributed by atoms with Gasteiger partial charge in [0.25, 0.3) is 0 Å². The van der Waals surface area contributed by atoms with Gasteiger partial charge in [-0.25, -0.2) is 4.98 Å². The summed E-state index contributed by atoms with van der Waals surface area (Å²) in [5.74, 6) is 0.496. The van der Waals surface area contributed by atoms with Crippen LogP contribution in [0.5, 0.6) is 0 Å². The number of fused-ring (bicyclic) bond motifs is 3. The van der Waals surface area contributed by atoms with E-state index in [2.05, 4.69) is 80.7 Å². The maximum atomic E-state index is 5.65. The van der Waals surface area contributed by atoms with Crippen LogP contribution in [0.25, 0.3) is 11.1 Å².